The molecule has 0 amide bonds. The van der Waals surface area contributed by atoms with E-state index in [2.05, 4.69) is 20.1 Å². The van der Waals surface area contributed by atoms with E-state index in [9.17, 15) is 18.8 Å². The number of benzene rings is 1. The summed E-state index contributed by atoms with van der Waals surface area (Å²) in [6, 6.07) is 8.39. The molecule has 1 atom stereocenters. The van der Waals surface area contributed by atoms with E-state index in [1.807, 2.05) is 30.2 Å². The van der Waals surface area contributed by atoms with Crippen molar-refractivity contribution in [2.75, 3.05) is 24.8 Å². The molecule has 2 fully saturated rings. The third kappa shape index (κ3) is 10.1. The normalized spacial score (nSPS) is 15.6. The van der Waals surface area contributed by atoms with Crippen molar-refractivity contribution in [2.24, 2.45) is 5.92 Å². The fourth-order valence-electron chi connectivity index (χ4n) is 3.77. The summed E-state index contributed by atoms with van der Waals surface area (Å²) in [5.41, 5.74) is 0.927. The monoisotopic (exact) mass is 646 g/mol. The summed E-state index contributed by atoms with van der Waals surface area (Å²) in [5, 5.41) is 9.83. The van der Waals surface area contributed by atoms with Gasteiger partial charge >= 0.3 is 6.61 Å². The molecular weight excluding hydrogens is 619 g/mol. The van der Waals surface area contributed by atoms with Crippen LogP contribution in [0.5, 0.6) is 11.5 Å². The maximum Gasteiger partial charge on any atom is 0.387 e. The zero-order valence-electron chi connectivity index (χ0n) is 21.7. The number of aromatic nitrogens is 2. The average molecular weight is 648 g/mol. The fraction of sp³-hybridized carbons (Fsp3) is 0.370. The Balaban J connectivity index is 0.000000267. The Kier molecular flexibility index (Phi) is 12.0. The molecule has 3 aromatic rings. The molecule has 0 radical (unpaired) electrons. The van der Waals surface area contributed by atoms with Gasteiger partial charge in [0.1, 0.15) is 16.1 Å². The highest BCUT2D eigenvalue weighted by atomic mass is 35.5. The van der Waals surface area contributed by atoms with Crippen LogP contribution in [0.1, 0.15) is 30.1 Å². The standard InChI is InChI=1S/C19H18Cl2F2NO5.C8H10N2S2/c20-14-7-24(26)8-15(21)13(14)6-17(28-10-25)12-3-4-16(29-19(22)23)18(5-12)27-9-11-1-2-11;1-2-8(6-9-3-1)12-10-4-5-11-7-10/h3-5,7-8,10-11,17,19,26H,1-2,6,9H2;1-3,6H,4-5,7H2/q+1;. The molecule has 0 spiro atoms. The van der Waals surface area contributed by atoms with E-state index in [0.29, 0.717) is 28.4 Å². The van der Waals surface area contributed by atoms with Crippen molar-refractivity contribution in [1.29, 1.82) is 0 Å². The first-order valence-corrected chi connectivity index (χ1v) is 15.3. The lowest BCUT2D eigenvalue weighted by molar-refractivity contribution is -0.904. The molecular formula is C27H28Cl2F2N3O5S2+. The molecule has 220 valence electrons. The summed E-state index contributed by atoms with van der Waals surface area (Å²) in [7, 11) is 0. The highest BCUT2D eigenvalue weighted by Gasteiger charge is 2.25. The number of pyridine rings is 2. The smallest absolute Gasteiger partial charge is 0.387 e. The third-order valence-electron chi connectivity index (χ3n) is 5.99. The Morgan fingerprint density at radius 3 is 2.61 bits per heavy atom. The van der Waals surface area contributed by atoms with Crippen LogP contribution < -0.4 is 14.2 Å². The van der Waals surface area contributed by atoms with E-state index < -0.39 is 12.7 Å². The van der Waals surface area contributed by atoms with Crippen LogP contribution in [-0.2, 0) is 16.0 Å². The molecule has 1 aromatic carbocycles. The zero-order chi connectivity index (χ0) is 29.2. The fourth-order valence-corrected chi connectivity index (χ4v) is 6.47. The molecule has 3 heterocycles. The highest BCUT2D eigenvalue weighted by Crippen LogP contribution is 2.37. The van der Waals surface area contributed by atoms with Crippen molar-refractivity contribution in [3.05, 3.63) is 76.3 Å². The predicted octanol–water partition coefficient (Wildman–Crippen LogP) is 6.46. The van der Waals surface area contributed by atoms with E-state index in [1.54, 1.807) is 11.9 Å². The van der Waals surface area contributed by atoms with E-state index in [-0.39, 0.29) is 34.4 Å². The van der Waals surface area contributed by atoms with Gasteiger partial charge in [-0.1, -0.05) is 29.3 Å². The summed E-state index contributed by atoms with van der Waals surface area (Å²) in [6.07, 6.45) is 7.52. The second-order valence-corrected chi connectivity index (χ2v) is 12.2. The van der Waals surface area contributed by atoms with Crippen molar-refractivity contribution >= 4 is 53.4 Å². The lowest BCUT2D eigenvalue weighted by Crippen LogP contribution is -2.29. The van der Waals surface area contributed by atoms with Crippen molar-refractivity contribution in [3.8, 4) is 11.5 Å². The summed E-state index contributed by atoms with van der Waals surface area (Å²) in [5.74, 6) is 2.82. The summed E-state index contributed by atoms with van der Waals surface area (Å²) >= 11 is 16.1. The van der Waals surface area contributed by atoms with Gasteiger partial charge in [0.05, 0.1) is 12.5 Å². The zero-order valence-corrected chi connectivity index (χ0v) is 24.9. The van der Waals surface area contributed by atoms with Crippen LogP contribution in [0.2, 0.25) is 10.0 Å². The van der Waals surface area contributed by atoms with Crippen molar-refractivity contribution in [1.82, 2.24) is 9.29 Å². The third-order valence-corrected chi connectivity index (χ3v) is 8.80. The summed E-state index contributed by atoms with van der Waals surface area (Å²) in [6.45, 7) is -1.16. The van der Waals surface area contributed by atoms with Crippen molar-refractivity contribution in [3.63, 3.8) is 0 Å². The van der Waals surface area contributed by atoms with Crippen molar-refractivity contribution in [2.45, 2.75) is 36.9 Å². The van der Waals surface area contributed by atoms with Crippen LogP contribution >= 0.6 is 46.9 Å². The number of rotatable bonds is 12. The number of hydrogen-bond acceptors (Lipinski definition) is 9. The Morgan fingerprint density at radius 1 is 1.22 bits per heavy atom. The van der Waals surface area contributed by atoms with Gasteiger partial charge in [0.25, 0.3) is 6.47 Å². The second kappa shape index (κ2) is 15.6. The van der Waals surface area contributed by atoms with Crippen LogP contribution in [0.25, 0.3) is 0 Å². The predicted molar refractivity (Wildman–Crippen MR) is 153 cm³/mol. The van der Waals surface area contributed by atoms with E-state index >= 15 is 0 Å². The summed E-state index contributed by atoms with van der Waals surface area (Å²) in [4.78, 5) is 16.3. The first-order valence-electron chi connectivity index (χ1n) is 12.6. The van der Waals surface area contributed by atoms with Gasteiger partial charge in [-0.2, -0.15) is 8.78 Å². The van der Waals surface area contributed by atoms with Crippen LogP contribution in [0.4, 0.5) is 8.78 Å². The molecule has 41 heavy (non-hydrogen) atoms. The van der Waals surface area contributed by atoms with E-state index in [1.165, 1.54) is 47.8 Å². The van der Waals surface area contributed by atoms with Crippen LogP contribution in [-0.4, -0.2) is 52.4 Å². The molecule has 14 heteroatoms. The van der Waals surface area contributed by atoms with Gasteiger partial charge in [0.15, 0.2) is 11.5 Å². The number of nitrogens with zero attached hydrogens (tertiary/aromatic N) is 3. The van der Waals surface area contributed by atoms with Gasteiger partial charge in [0.2, 0.25) is 12.4 Å². The second-order valence-electron chi connectivity index (χ2n) is 9.10. The lowest BCUT2D eigenvalue weighted by atomic mass is 10.0. The quantitative estimate of drug-likeness (QED) is 0.103. The first-order chi connectivity index (χ1) is 19.8. The van der Waals surface area contributed by atoms with Gasteiger partial charge < -0.3 is 14.2 Å². The molecule has 1 aliphatic carbocycles. The minimum Gasteiger partial charge on any atom is -0.489 e. The lowest BCUT2D eigenvalue weighted by Gasteiger charge is -2.19. The maximum atomic E-state index is 12.7. The SMILES string of the molecule is O=COC(Cc1c(Cl)c[n+](O)cc1Cl)c1ccc(OC(F)F)c(OCC2CC2)c1.c1cncc(SN2CCSC2)c1. The Bertz CT molecular complexity index is 1270. The van der Waals surface area contributed by atoms with Crippen molar-refractivity contribution < 1.29 is 37.7 Å². The number of halogens is 4. The average Bonchev–Trinajstić information content (AvgIpc) is 3.63. The molecule has 1 N–H and O–H groups in total. The topological polar surface area (TPSA) is 85.0 Å². The number of thioether (sulfide) groups is 1. The van der Waals surface area contributed by atoms with Gasteiger partial charge in [-0.05, 0) is 60.5 Å². The Hall–Kier alpha value is -2.51. The molecule has 8 nitrogen and oxygen atoms in total. The molecule has 0 bridgehead atoms. The number of alkyl halides is 2. The molecule has 5 rings (SSSR count). The molecule has 1 aliphatic heterocycles. The Labute approximate surface area is 255 Å². The van der Waals surface area contributed by atoms with Gasteiger partial charge in [0, 0.05) is 46.3 Å². The molecule has 1 unspecified atom stereocenters. The highest BCUT2D eigenvalue weighted by molar-refractivity contribution is 8.02. The number of carbonyl (C=O) groups is 1. The summed E-state index contributed by atoms with van der Waals surface area (Å²) < 4.78 is 43.8. The van der Waals surface area contributed by atoms with Crippen LogP contribution in [0, 0.1) is 5.92 Å². The molecule has 2 aliphatic rings. The minimum absolute atomic E-state index is 0.0916. The first kappa shape index (κ1) is 31.4. The van der Waals surface area contributed by atoms with Gasteiger partial charge in [-0.25, -0.2) is 4.31 Å². The maximum absolute atomic E-state index is 12.7. The molecule has 1 saturated carbocycles. The van der Waals surface area contributed by atoms with Crippen LogP contribution in [0.3, 0.4) is 0 Å². The number of carbonyl (C=O) groups excluding carboxylic acids is 1. The minimum atomic E-state index is -3.00. The van der Waals surface area contributed by atoms with Gasteiger partial charge in [-0.15, -0.1) is 11.8 Å². The number of ether oxygens (including phenoxy) is 3. The van der Waals surface area contributed by atoms with Gasteiger partial charge in [-0.3, -0.25) is 15.0 Å². The van der Waals surface area contributed by atoms with Crippen LogP contribution in [0.15, 0.2) is 60.0 Å². The number of hydrogen-bond donors (Lipinski definition) is 1. The van der Waals surface area contributed by atoms with E-state index in [0.717, 1.165) is 18.7 Å². The largest absolute Gasteiger partial charge is 0.489 e. The molecule has 1 saturated heterocycles. The molecule has 2 aromatic heterocycles. The Morgan fingerprint density at radius 2 is 2.00 bits per heavy atom. The van der Waals surface area contributed by atoms with E-state index in [4.69, 9.17) is 32.7 Å².